The SMILES string of the molecule is Cc1ccc2c(C#N)noc2c1.Cc1ccc2c(c1)N(C#N)CO2. The van der Waals surface area contributed by atoms with Crippen LogP contribution in [0.5, 0.6) is 5.75 Å². The van der Waals surface area contributed by atoms with Crippen molar-refractivity contribution >= 4 is 16.7 Å². The van der Waals surface area contributed by atoms with Gasteiger partial charge >= 0.3 is 0 Å². The van der Waals surface area contributed by atoms with Gasteiger partial charge in [-0.25, -0.2) is 4.90 Å². The number of anilines is 1. The molecule has 0 atom stereocenters. The number of nitrogens with zero attached hydrogens (tertiary/aromatic N) is 4. The van der Waals surface area contributed by atoms with Gasteiger partial charge in [0.15, 0.2) is 24.2 Å². The van der Waals surface area contributed by atoms with E-state index >= 15 is 0 Å². The van der Waals surface area contributed by atoms with Gasteiger partial charge in [0.1, 0.15) is 11.8 Å². The molecular weight excluding hydrogens is 304 g/mol. The molecule has 0 amide bonds. The molecule has 0 bridgehead atoms. The summed E-state index contributed by atoms with van der Waals surface area (Å²) in [5, 5.41) is 21.7. The van der Waals surface area contributed by atoms with Crippen LogP contribution in [0.4, 0.5) is 5.69 Å². The van der Waals surface area contributed by atoms with E-state index in [1.165, 1.54) is 4.90 Å². The summed E-state index contributed by atoms with van der Waals surface area (Å²) in [6.45, 7) is 4.30. The second kappa shape index (κ2) is 6.31. The summed E-state index contributed by atoms with van der Waals surface area (Å²) >= 11 is 0. The Morgan fingerprint density at radius 1 is 1.08 bits per heavy atom. The van der Waals surface area contributed by atoms with Gasteiger partial charge in [-0.05, 0) is 49.2 Å². The molecule has 0 unspecified atom stereocenters. The van der Waals surface area contributed by atoms with Gasteiger partial charge in [-0.1, -0.05) is 17.3 Å². The molecule has 0 N–H and O–H groups in total. The quantitative estimate of drug-likeness (QED) is 0.588. The molecule has 0 saturated carbocycles. The van der Waals surface area contributed by atoms with Crippen LogP contribution in [0.1, 0.15) is 16.8 Å². The van der Waals surface area contributed by atoms with Gasteiger partial charge in [-0.3, -0.25) is 0 Å². The molecule has 6 heteroatoms. The standard InChI is InChI=1S/C9H8N2O.C9H6N2O/c1-7-2-3-9-8(4-7)11(5-10)6-12-9;1-6-2-3-7-8(5-10)11-12-9(7)4-6/h2-4H,6H2,1H3;2-4H,1H3. The number of benzene rings is 2. The van der Waals surface area contributed by atoms with E-state index in [9.17, 15) is 0 Å². The normalized spacial score (nSPS) is 11.8. The van der Waals surface area contributed by atoms with Crippen molar-refractivity contribution in [2.75, 3.05) is 11.6 Å². The van der Waals surface area contributed by atoms with E-state index in [4.69, 9.17) is 19.8 Å². The highest BCUT2D eigenvalue weighted by molar-refractivity contribution is 5.82. The minimum Gasteiger partial charge on any atom is -0.470 e. The number of fused-ring (bicyclic) bond motifs is 2. The Morgan fingerprint density at radius 2 is 1.83 bits per heavy atom. The average Bonchev–Trinajstić information content (AvgIpc) is 3.17. The van der Waals surface area contributed by atoms with E-state index in [-0.39, 0.29) is 0 Å². The lowest BCUT2D eigenvalue weighted by Gasteiger charge is -2.03. The van der Waals surface area contributed by atoms with E-state index in [0.29, 0.717) is 18.0 Å². The smallest absolute Gasteiger partial charge is 0.191 e. The van der Waals surface area contributed by atoms with Crippen LogP contribution in [-0.4, -0.2) is 11.9 Å². The molecule has 1 aliphatic heterocycles. The number of hydrogen-bond acceptors (Lipinski definition) is 6. The molecule has 3 aromatic rings. The molecule has 0 saturated heterocycles. The number of aromatic nitrogens is 1. The highest BCUT2D eigenvalue weighted by atomic mass is 16.5. The summed E-state index contributed by atoms with van der Waals surface area (Å²) in [5.41, 5.74) is 4.14. The van der Waals surface area contributed by atoms with E-state index in [1.54, 1.807) is 0 Å². The molecular formula is C18H14N4O2. The Balaban J connectivity index is 0.000000141. The zero-order valence-electron chi connectivity index (χ0n) is 13.3. The third kappa shape index (κ3) is 2.86. The third-order valence-electron chi connectivity index (χ3n) is 3.61. The van der Waals surface area contributed by atoms with E-state index in [0.717, 1.165) is 28.0 Å². The Kier molecular flexibility index (Phi) is 4.05. The molecule has 2 heterocycles. The first-order valence-electron chi connectivity index (χ1n) is 7.29. The predicted octanol–water partition coefficient (Wildman–Crippen LogP) is 3.64. The van der Waals surface area contributed by atoms with Crippen LogP contribution in [-0.2, 0) is 0 Å². The number of nitriles is 2. The Bertz CT molecular complexity index is 979. The van der Waals surface area contributed by atoms with Crippen LogP contribution in [0.2, 0.25) is 0 Å². The molecule has 0 spiro atoms. The van der Waals surface area contributed by atoms with Crippen molar-refractivity contribution in [3.8, 4) is 18.0 Å². The highest BCUT2D eigenvalue weighted by Crippen LogP contribution is 2.33. The monoisotopic (exact) mass is 318 g/mol. The number of hydrogen-bond donors (Lipinski definition) is 0. The molecule has 6 nitrogen and oxygen atoms in total. The lowest BCUT2D eigenvalue weighted by Crippen LogP contribution is -2.14. The molecule has 1 aliphatic rings. The first-order chi connectivity index (χ1) is 11.6. The zero-order valence-corrected chi connectivity index (χ0v) is 13.3. The maximum Gasteiger partial charge on any atom is 0.191 e. The average molecular weight is 318 g/mol. The van der Waals surface area contributed by atoms with Crippen molar-refractivity contribution in [2.45, 2.75) is 13.8 Å². The van der Waals surface area contributed by atoms with E-state index < -0.39 is 0 Å². The number of rotatable bonds is 0. The summed E-state index contributed by atoms with van der Waals surface area (Å²) in [4.78, 5) is 1.53. The molecule has 4 rings (SSSR count). The predicted molar refractivity (Wildman–Crippen MR) is 88.2 cm³/mol. The van der Waals surface area contributed by atoms with Gasteiger partial charge < -0.3 is 9.26 Å². The van der Waals surface area contributed by atoms with Crippen molar-refractivity contribution in [1.82, 2.24) is 5.16 Å². The van der Waals surface area contributed by atoms with Crippen LogP contribution in [0.3, 0.4) is 0 Å². The lowest BCUT2D eigenvalue weighted by molar-refractivity contribution is 0.358. The molecule has 24 heavy (non-hydrogen) atoms. The lowest BCUT2D eigenvalue weighted by atomic mass is 10.1. The Labute approximate surface area is 139 Å². The summed E-state index contributed by atoms with van der Waals surface area (Å²) in [5.74, 6) is 0.794. The summed E-state index contributed by atoms with van der Waals surface area (Å²) in [6, 6.07) is 13.4. The minimum atomic E-state index is 0.343. The zero-order chi connectivity index (χ0) is 17.1. The highest BCUT2D eigenvalue weighted by Gasteiger charge is 2.19. The topological polar surface area (TPSA) is 86.1 Å². The largest absolute Gasteiger partial charge is 0.470 e. The van der Waals surface area contributed by atoms with E-state index in [2.05, 4.69) is 11.3 Å². The van der Waals surface area contributed by atoms with Gasteiger partial charge in [-0.15, -0.1) is 0 Å². The van der Waals surface area contributed by atoms with Crippen molar-refractivity contribution in [1.29, 1.82) is 10.5 Å². The first kappa shape index (κ1) is 15.4. The van der Waals surface area contributed by atoms with Crippen molar-refractivity contribution in [3.63, 3.8) is 0 Å². The minimum absolute atomic E-state index is 0.343. The van der Waals surface area contributed by atoms with Crippen molar-refractivity contribution < 1.29 is 9.26 Å². The number of aryl methyl sites for hydroxylation is 2. The fourth-order valence-electron chi connectivity index (χ4n) is 2.37. The number of ether oxygens (including phenoxy) is 1. The van der Waals surface area contributed by atoms with E-state index in [1.807, 2.05) is 56.3 Å². The second-order valence-electron chi connectivity index (χ2n) is 5.42. The summed E-state index contributed by atoms with van der Waals surface area (Å²) in [6.07, 6.45) is 2.06. The maximum atomic E-state index is 8.70. The van der Waals surface area contributed by atoms with Gasteiger partial charge in [-0.2, -0.15) is 10.5 Å². The molecule has 0 fully saturated rings. The third-order valence-corrected chi connectivity index (χ3v) is 3.61. The first-order valence-corrected chi connectivity index (χ1v) is 7.29. The van der Waals surface area contributed by atoms with Crippen LogP contribution < -0.4 is 9.64 Å². The van der Waals surface area contributed by atoms with Crippen molar-refractivity contribution in [3.05, 3.63) is 53.2 Å². The van der Waals surface area contributed by atoms with Crippen LogP contribution in [0.15, 0.2) is 40.9 Å². The fourth-order valence-corrected chi connectivity index (χ4v) is 2.37. The Hall–Kier alpha value is -3.51. The second-order valence-corrected chi connectivity index (χ2v) is 5.42. The van der Waals surface area contributed by atoms with Crippen LogP contribution in [0, 0.1) is 36.6 Å². The molecule has 0 aliphatic carbocycles. The molecule has 0 radical (unpaired) electrons. The van der Waals surface area contributed by atoms with Crippen LogP contribution in [0.25, 0.3) is 11.0 Å². The fraction of sp³-hybridized carbons (Fsp3) is 0.167. The molecule has 1 aromatic heterocycles. The van der Waals surface area contributed by atoms with Gasteiger partial charge in [0.05, 0.1) is 11.1 Å². The van der Waals surface area contributed by atoms with Gasteiger partial charge in [0.2, 0.25) is 0 Å². The van der Waals surface area contributed by atoms with Crippen molar-refractivity contribution in [2.24, 2.45) is 0 Å². The Morgan fingerprint density at radius 3 is 2.58 bits per heavy atom. The molecule has 118 valence electrons. The molecule has 2 aromatic carbocycles. The maximum absolute atomic E-state index is 8.70. The van der Waals surface area contributed by atoms with Gasteiger partial charge in [0.25, 0.3) is 0 Å². The van der Waals surface area contributed by atoms with Crippen LogP contribution >= 0.6 is 0 Å². The summed E-state index contributed by atoms with van der Waals surface area (Å²) in [7, 11) is 0. The van der Waals surface area contributed by atoms with Gasteiger partial charge in [0, 0.05) is 0 Å². The summed E-state index contributed by atoms with van der Waals surface area (Å²) < 4.78 is 10.2.